The number of amides is 2. The Hall–Kier alpha value is -2.58. The van der Waals surface area contributed by atoms with Crippen LogP contribution < -0.4 is 5.32 Å². The van der Waals surface area contributed by atoms with Crippen LogP contribution in [0.3, 0.4) is 0 Å². The Morgan fingerprint density at radius 3 is 2.60 bits per heavy atom. The second-order valence-electron chi connectivity index (χ2n) is 5.75. The van der Waals surface area contributed by atoms with Crippen LogP contribution in [0.2, 0.25) is 0 Å². The number of carboxylic acids is 1. The molecule has 1 aliphatic rings. The molecule has 1 atom stereocenters. The fraction of sp³-hybridized carbons (Fsp3) is 0.438. The fourth-order valence-corrected chi connectivity index (χ4v) is 2.71. The first kappa shape index (κ1) is 18.8. The second-order valence-corrected chi connectivity index (χ2v) is 5.75. The summed E-state index contributed by atoms with van der Waals surface area (Å²) >= 11 is 0. The minimum atomic E-state index is -4.48. The molecule has 1 aliphatic heterocycles. The van der Waals surface area contributed by atoms with Gasteiger partial charge in [0.1, 0.15) is 12.6 Å². The summed E-state index contributed by atoms with van der Waals surface area (Å²) in [6, 6.07) is 5.26. The largest absolute Gasteiger partial charge is 0.478 e. The summed E-state index contributed by atoms with van der Waals surface area (Å²) in [6.45, 7) is -1.39. The lowest BCUT2D eigenvalue weighted by molar-refractivity contribution is -0.158. The van der Waals surface area contributed by atoms with Crippen molar-refractivity contribution in [3.05, 3.63) is 35.4 Å². The Balaban J connectivity index is 1.87. The van der Waals surface area contributed by atoms with E-state index in [2.05, 4.69) is 5.32 Å². The summed E-state index contributed by atoms with van der Waals surface area (Å²) in [5.74, 6) is -2.37. The molecular formula is C16H17F3N2O4. The zero-order chi connectivity index (χ0) is 18.6. The normalized spacial score (nSPS) is 17.6. The molecule has 0 aromatic heterocycles. The van der Waals surface area contributed by atoms with E-state index in [1.165, 1.54) is 6.07 Å². The molecule has 0 bridgehead atoms. The van der Waals surface area contributed by atoms with Crippen LogP contribution in [0.15, 0.2) is 24.3 Å². The van der Waals surface area contributed by atoms with Crippen molar-refractivity contribution >= 4 is 17.8 Å². The lowest BCUT2D eigenvalue weighted by Crippen LogP contribution is -2.43. The van der Waals surface area contributed by atoms with Gasteiger partial charge in [0.25, 0.3) is 0 Å². The van der Waals surface area contributed by atoms with Crippen molar-refractivity contribution in [2.75, 3.05) is 13.1 Å². The van der Waals surface area contributed by atoms with E-state index >= 15 is 0 Å². The lowest BCUT2D eigenvalue weighted by atomic mass is 10.0. The molecule has 1 saturated heterocycles. The Kier molecular flexibility index (Phi) is 5.66. The van der Waals surface area contributed by atoms with Crippen LogP contribution in [0.5, 0.6) is 0 Å². The number of halogens is 3. The van der Waals surface area contributed by atoms with Crippen molar-refractivity contribution in [1.29, 1.82) is 0 Å². The first-order valence-corrected chi connectivity index (χ1v) is 7.63. The number of likely N-dealkylation sites (tertiary alicyclic amines) is 1. The third-order valence-electron chi connectivity index (χ3n) is 3.87. The summed E-state index contributed by atoms with van der Waals surface area (Å²) in [6.07, 6.45) is -4.27. The van der Waals surface area contributed by atoms with Crippen molar-refractivity contribution in [1.82, 2.24) is 10.2 Å². The van der Waals surface area contributed by atoms with Gasteiger partial charge in [0.2, 0.25) is 11.8 Å². The number of rotatable bonds is 6. The first-order valence-electron chi connectivity index (χ1n) is 7.63. The lowest BCUT2D eigenvalue weighted by Gasteiger charge is -2.18. The molecule has 25 heavy (non-hydrogen) atoms. The van der Waals surface area contributed by atoms with Gasteiger partial charge in [-0.3, -0.25) is 9.59 Å². The van der Waals surface area contributed by atoms with Gasteiger partial charge in [0.05, 0.1) is 5.56 Å². The maximum absolute atomic E-state index is 12.4. The third-order valence-corrected chi connectivity index (χ3v) is 3.87. The van der Waals surface area contributed by atoms with Gasteiger partial charge in [-0.15, -0.1) is 0 Å². The number of benzene rings is 1. The van der Waals surface area contributed by atoms with Crippen LogP contribution in [0.25, 0.3) is 0 Å². The van der Waals surface area contributed by atoms with Gasteiger partial charge in [-0.2, -0.15) is 13.2 Å². The standard InChI is InChI=1S/C16H17F3N2O4/c17-16(18,19)9-21-8-7-12(14(21)23)20-13(22)6-5-10-3-1-2-4-11(10)15(24)25/h1-4,12H,5-9H2,(H,20,22)(H,24,25). The van der Waals surface area contributed by atoms with Gasteiger partial charge in [0, 0.05) is 13.0 Å². The molecule has 2 rings (SSSR count). The highest BCUT2D eigenvalue weighted by Crippen LogP contribution is 2.21. The molecule has 1 unspecified atom stereocenters. The van der Waals surface area contributed by atoms with E-state index in [-0.39, 0.29) is 31.4 Å². The smallest absolute Gasteiger partial charge is 0.406 e. The zero-order valence-corrected chi connectivity index (χ0v) is 13.2. The average molecular weight is 358 g/mol. The maximum atomic E-state index is 12.4. The Morgan fingerprint density at radius 2 is 1.96 bits per heavy atom. The van der Waals surface area contributed by atoms with Gasteiger partial charge >= 0.3 is 12.1 Å². The highest BCUT2D eigenvalue weighted by Gasteiger charge is 2.39. The molecule has 0 spiro atoms. The van der Waals surface area contributed by atoms with E-state index in [0.29, 0.717) is 10.5 Å². The van der Waals surface area contributed by atoms with Gasteiger partial charge in [0.15, 0.2) is 0 Å². The molecule has 9 heteroatoms. The van der Waals surface area contributed by atoms with Crippen LogP contribution in [-0.2, 0) is 16.0 Å². The van der Waals surface area contributed by atoms with E-state index in [1.54, 1.807) is 18.2 Å². The van der Waals surface area contributed by atoms with E-state index in [9.17, 15) is 27.6 Å². The summed E-state index contributed by atoms with van der Waals surface area (Å²) in [5, 5.41) is 11.5. The monoisotopic (exact) mass is 358 g/mol. The predicted molar refractivity (Wildman–Crippen MR) is 80.9 cm³/mol. The van der Waals surface area contributed by atoms with E-state index in [4.69, 9.17) is 5.11 Å². The van der Waals surface area contributed by atoms with Crippen LogP contribution >= 0.6 is 0 Å². The number of hydrogen-bond donors (Lipinski definition) is 2. The highest BCUT2D eigenvalue weighted by atomic mass is 19.4. The van der Waals surface area contributed by atoms with Crippen molar-refractivity contribution in [2.24, 2.45) is 0 Å². The van der Waals surface area contributed by atoms with E-state index in [0.717, 1.165) is 0 Å². The number of carbonyl (C=O) groups excluding carboxylic acids is 2. The van der Waals surface area contributed by atoms with Crippen LogP contribution in [0, 0.1) is 0 Å². The van der Waals surface area contributed by atoms with Crippen molar-refractivity contribution in [3.63, 3.8) is 0 Å². The average Bonchev–Trinajstić information content (AvgIpc) is 2.84. The quantitative estimate of drug-likeness (QED) is 0.809. The summed E-state index contributed by atoms with van der Waals surface area (Å²) in [4.78, 5) is 35.6. The van der Waals surface area contributed by atoms with Gasteiger partial charge in [-0.1, -0.05) is 18.2 Å². The molecule has 1 fully saturated rings. The summed E-state index contributed by atoms with van der Waals surface area (Å²) < 4.78 is 37.1. The number of carboxylic acid groups (broad SMARTS) is 1. The minimum absolute atomic E-state index is 0.0622. The molecule has 136 valence electrons. The number of aryl methyl sites for hydroxylation is 1. The number of aromatic carboxylic acids is 1. The molecule has 2 amide bonds. The van der Waals surface area contributed by atoms with E-state index in [1.807, 2.05) is 0 Å². The predicted octanol–water partition coefficient (Wildman–Crippen LogP) is 1.60. The topological polar surface area (TPSA) is 86.7 Å². The van der Waals surface area contributed by atoms with Gasteiger partial charge < -0.3 is 15.3 Å². The Bertz CT molecular complexity index is 676. The van der Waals surface area contributed by atoms with E-state index < -0.39 is 36.5 Å². The maximum Gasteiger partial charge on any atom is 0.406 e. The molecule has 6 nitrogen and oxygen atoms in total. The van der Waals surface area contributed by atoms with Gasteiger partial charge in [-0.25, -0.2) is 4.79 Å². The number of alkyl halides is 3. The number of nitrogens with one attached hydrogen (secondary N) is 1. The molecule has 0 radical (unpaired) electrons. The van der Waals surface area contributed by atoms with Crippen LogP contribution in [0.4, 0.5) is 13.2 Å². The number of carbonyl (C=O) groups is 3. The highest BCUT2D eigenvalue weighted by molar-refractivity contribution is 5.90. The molecule has 1 aromatic carbocycles. The number of nitrogens with zero attached hydrogens (tertiary/aromatic N) is 1. The molecule has 1 aromatic rings. The summed E-state index contributed by atoms with van der Waals surface area (Å²) in [5.41, 5.74) is 0.560. The molecule has 0 saturated carbocycles. The molecule has 0 aliphatic carbocycles. The van der Waals surface area contributed by atoms with Gasteiger partial charge in [-0.05, 0) is 24.5 Å². The fourth-order valence-electron chi connectivity index (χ4n) is 2.71. The van der Waals surface area contributed by atoms with Crippen molar-refractivity contribution < 1.29 is 32.7 Å². The summed E-state index contributed by atoms with van der Waals surface area (Å²) in [7, 11) is 0. The molecule has 1 heterocycles. The third kappa shape index (κ3) is 5.20. The first-order chi connectivity index (χ1) is 11.7. The van der Waals surface area contributed by atoms with Crippen molar-refractivity contribution in [3.8, 4) is 0 Å². The number of hydrogen-bond acceptors (Lipinski definition) is 3. The Labute approximate surface area is 141 Å². The molecule has 2 N–H and O–H groups in total. The second kappa shape index (κ2) is 7.54. The van der Waals surface area contributed by atoms with Crippen LogP contribution in [0.1, 0.15) is 28.8 Å². The molecular weight excluding hydrogens is 341 g/mol. The zero-order valence-electron chi connectivity index (χ0n) is 13.2. The van der Waals surface area contributed by atoms with Crippen molar-refractivity contribution in [2.45, 2.75) is 31.5 Å². The minimum Gasteiger partial charge on any atom is -0.478 e. The Morgan fingerprint density at radius 1 is 1.28 bits per heavy atom. The van der Waals surface area contributed by atoms with Crippen LogP contribution in [-0.4, -0.2) is 53.1 Å². The SMILES string of the molecule is O=C(CCc1ccccc1C(=O)O)NC1CCN(CC(F)(F)F)C1=O.